The molecule has 41 heavy (non-hydrogen) atoms. The summed E-state index contributed by atoms with van der Waals surface area (Å²) in [5.41, 5.74) is 5.65. The average Bonchev–Trinajstić information content (AvgIpc) is 3.00. The Morgan fingerprint density at radius 1 is 1.17 bits per heavy atom. The van der Waals surface area contributed by atoms with E-state index in [2.05, 4.69) is 78.8 Å². The van der Waals surface area contributed by atoms with Crippen LogP contribution in [-0.2, 0) is 17.8 Å². The minimum absolute atomic E-state index is 0.174. The molecule has 8 nitrogen and oxygen atoms in total. The molecule has 1 fully saturated rings. The molecule has 2 aliphatic heterocycles. The van der Waals surface area contributed by atoms with Crippen molar-refractivity contribution in [1.82, 2.24) is 9.88 Å². The van der Waals surface area contributed by atoms with Crippen molar-refractivity contribution >= 4 is 28.1 Å². The first kappa shape index (κ1) is 28.0. The summed E-state index contributed by atoms with van der Waals surface area (Å²) in [5, 5.41) is 22.3. The van der Waals surface area contributed by atoms with Gasteiger partial charge in [-0.15, -0.1) is 0 Å². The molecule has 3 heterocycles. The van der Waals surface area contributed by atoms with Crippen molar-refractivity contribution in [2.75, 3.05) is 42.6 Å². The highest BCUT2D eigenvalue weighted by Crippen LogP contribution is 2.40. The van der Waals surface area contributed by atoms with Crippen LogP contribution < -0.4 is 14.5 Å². The summed E-state index contributed by atoms with van der Waals surface area (Å²) < 4.78 is 6.14. The van der Waals surface area contributed by atoms with Crippen molar-refractivity contribution in [3.05, 3.63) is 71.4 Å². The number of aromatic nitrogens is 1. The molecule has 2 aromatic carbocycles. The molecular formula is C33H36N6O2. The fourth-order valence-electron chi connectivity index (χ4n) is 6.12. The molecule has 1 saturated heterocycles. The second-order valence-corrected chi connectivity index (χ2v) is 10.7. The van der Waals surface area contributed by atoms with Crippen molar-refractivity contribution in [2.24, 2.45) is 0 Å². The molecule has 0 N–H and O–H groups in total. The van der Waals surface area contributed by atoms with E-state index in [-0.39, 0.29) is 18.4 Å². The number of benzene rings is 2. The number of rotatable bonds is 8. The molecule has 3 aromatic rings. The monoisotopic (exact) mass is 548 g/mol. The SMILES string of the molecule is C=CC(=O)N1CCN(c2c(C#N)c(OCCCC)nc3c2CCN(c2cccc4cccc(C)c24)C3)C[C@@H]1CC#N. The second kappa shape index (κ2) is 12.3. The van der Waals surface area contributed by atoms with Crippen LogP contribution in [0.15, 0.2) is 49.1 Å². The maximum atomic E-state index is 12.5. The zero-order valence-corrected chi connectivity index (χ0v) is 23.9. The van der Waals surface area contributed by atoms with E-state index in [9.17, 15) is 15.3 Å². The zero-order chi connectivity index (χ0) is 28.9. The number of pyridine rings is 1. The topological polar surface area (TPSA) is 96.5 Å². The van der Waals surface area contributed by atoms with Gasteiger partial charge < -0.3 is 19.4 Å². The standard InChI is InChI=1S/C33H36N6O2/c1-4-6-19-41-33-27(20-35)32(38-17-18-39(30(40)5-2)25(21-38)13-15-34)26-14-16-37(22-28(26)36-33)29-12-8-11-24-10-7-9-23(3)31(24)29/h5,7-12,25H,2,4,6,13-14,16-19,21-22H2,1,3H3/t25-/m0/s1. The predicted octanol–water partition coefficient (Wildman–Crippen LogP) is 5.27. The Bertz CT molecular complexity index is 1550. The summed E-state index contributed by atoms with van der Waals surface area (Å²) >= 11 is 0. The Hall–Kier alpha value is -4.56. The van der Waals surface area contributed by atoms with Gasteiger partial charge in [0.25, 0.3) is 0 Å². The number of carbonyl (C=O) groups is 1. The third-order valence-electron chi connectivity index (χ3n) is 8.16. The van der Waals surface area contributed by atoms with Crippen LogP contribution in [0, 0.1) is 29.6 Å². The van der Waals surface area contributed by atoms with Gasteiger partial charge in [0.2, 0.25) is 11.8 Å². The van der Waals surface area contributed by atoms with Crippen LogP contribution in [0.3, 0.4) is 0 Å². The maximum absolute atomic E-state index is 12.5. The predicted molar refractivity (Wildman–Crippen MR) is 161 cm³/mol. The molecule has 2 aliphatic rings. The molecule has 210 valence electrons. The number of unbranched alkanes of at least 4 members (excludes halogenated alkanes) is 1. The van der Waals surface area contributed by atoms with E-state index in [0.717, 1.165) is 42.8 Å². The summed E-state index contributed by atoms with van der Waals surface area (Å²) in [5.74, 6) is 0.193. The van der Waals surface area contributed by atoms with Gasteiger partial charge in [-0.25, -0.2) is 4.98 Å². The number of hydrogen-bond donors (Lipinski definition) is 0. The number of amides is 1. The number of aryl methyl sites for hydroxylation is 1. The molecule has 0 bridgehead atoms. The van der Waals surface area contributed by atoms with Crippen LogP contribution in [0.2, 0.25) is 0 Å². The van der Waals surface area contributed by atoms with Crippen molar-refractivity contribution in [1.29, 1.82) is 10.5 Å². The van der Waals surface area contributed by atoms with Gasteiger partial charge >= 0.3 is 0 Å². The van der Waals surface area contributed by atoms with Gasteiger partial charge in [-0.1, -0.05) is 50.3 Å². The lowest BCUT2D eigenvalue weighted by Crippen LogP contribution is -2.55. The molecular weight excluding hydrogens is 512 g/mol. The summed E-state index contributed by atoms with van der Waals surface area (Å²) in [7, 11) is 0. The van der Waals surface area contributed by atoms with Gasteiger partial charge in [0.15, 0.2) is 0 Å². The quantitative estimate of drug-likeness (QED) is 0.279. The smallest absolute Gasteiger partial charge is 0.246 e. The number of hydrogen-bond acceptors (Lipinski definition) is 7. The van der Waals surface area contributed by atoms with E-state index in [1.165, 1.54) is 28.1 Å². The van der Waals surface area contributed by atoms with Gasteiger partial charge in [0.1, 0.15) is 11.6 Å². The van der Waals surface area contributed by atoms with Crippen LogP contribution in [0.4, 0.5) is 11.4 Å². The third kappa shape index (κ3) is 5.43. The molecule has 5 rings (SSSR count). The van der Waals surface area contributed by atoms with Gasteiger partial charge in [0, 0.05) is 42.8 Å². The number of piperazine rings is 1. The summed E-state index contributed by atoms with van der Waals surface area (Å²) in [6.07, 6.45) is 4.08. The van der Waals surface area contributed by atoms with Crippen LogP contribution in [0.5, 0.6) is 5.88 Å². The van der Waals surface area contributed by atoms with E-state index in [1.807, 2.05) is 0 Å². The summed E-state index contributed by atoms with van der Waals surface area (Å²) in [6, 6.07) is 17.1. The highest BCUT2D eigenvalue weighted by atomic mass is 16.5. The number of anilines is 2. The molecule has 1 atom stereocenters. The Balaban J connectivity index is 1.57. The van der Waals surface area contributed by atoms with Gasteiger partial charge in [0.05, 0.1) is 43.1 Å². The minimum atomic E-state index is -0.294. The van der Waals surface area contributed by atoms with Crippen LogP contribution >= 0.6 is 0 Å². The number of ether oxygens (including phenoxy) is 1. The van der Waals surface area contributed by atoms with Crippen molar-refractivity contribution in [2.45, 2.75) is 52.1 Å². The first-order valence-corrected chi connectivity index (χ1v) is 14.4. The number of carbonyl (C=O) groups excluding carboxylic acids is 1. The van der Waals surface area contributed by atoms with Crippen molar-refractivity contribution in [3.8, 4) is 18.0 Å². The third-order valence-corrected chi connectivity index (χ3v) is 8.16. The first-order chi connectivity index (χ1) is 20.0. The van der Waals surface area contributed by atoms with Gasteiger partial charge in [-0.2, -0.15) is 10.5 Å². The molecule has 1 aromatic heterocycles. The molecule has 0 unspecified atom stereocenters. The lowest BCUT2D eigenvalue weighted by atomic mass is 9.95. The van der Waals surface area contributed by atoms with E-state index in [1.54, 1.807) is 4.90 Å². The second-order valence-electron chi connectivity index (χ2n) is 10.7. The Labute approximate surface area is 242 Å². The zero-order valence-electron chi connectivity index (χ0n) is 23.9. The number of nitrogens with zero attached hydrogens (tertiary/aromatic N) is 6. The number of fused-ring (bicyclic) bond motifs is 2. The highest BCUT2D eigenvalue weighted by Gasteiger charge is 2.35. The van der Waals surface area contributed by atoms with Crippen LogP contribution in [0.1, 0.15) is 48.6 Å². The first-order valence-electron chi connectivity index (χ1n) is 14.4. The van der Waals surface area contributed by atoms with E-state index in [0.29, 0.717) is 44.2 Å². The highest BCUT2D eigenvalue weighted by molar-refractivity contribution is 5.97. The van der Waals surface area contributed by atoms with Crippen LogP contribution in [0.25, 0.3) is 10.8 Å². The van der Waals surface area contributed by atoms with Gasteiger partial charge in [-0.05, 0) is 42.9 Å². The Morgan fingerprint density at radius 2 is 1.98 bits per heavy atom. The molecule has 0 aliphatic carbocycles. The molecule has 0 spiro atoms. The van der Waals surface area contributed by atoms with E-state index in [4.69, 9.17) is 9.72 Å². The molecule has 8 heteroatoms. The molecule has 0 radical (unpaired) electrons. The summed E-state index contributed by atoms with van der Waals surface area (Å²) in [4.78, 5) is 23.7. The molecule has 1 amide bonds. The fourth-order valence-corrected chi connectivity index (χ4v) is 6.12. The fraction of sp³-hybridized carbons (Fsp3) is 0.394. The Morgan fingerprint density at radius 3 is 2.71 bits per heavy atom. The average molecular weight is 549 g/mol. The molecule has 0 saturated carbocycles. The van der Waals surface area contributed by atoms with Crippen molar-refractivity contribution < 1.29 is 9.53 Å². The summed E-state index contributed by atoms with van der Waals surface area (Å²) in [6.45, 7) is 11.2. The Kier molecular flexibility index (Phi) is 8.40. The lowest BCUT2D eigenvalue weighted by molar-refractivity contribution is -0.128. The van der Waals surface area contributed by atoms with E-state index >= 15 is 0 Å². The maximum Gasteiger partial charge on any atom is 0.246 e. The minimum Gasteiger partial charge on any atom is -0.477 e. The number of nitriles is 2. The van der Waals surface area contributed by atoms with Gasteiger partial charge in [-0.3, -0.25) is 4.79 Å². The largest absolute Gasteiger partial charge is 0.477 e. The van der Waals surface area contributed by atoms with E-state index < -0.39 is 0 Å². The van der Waals surface area contributed by atoms with Crippen molar-refractivity contribution in [3.63, 3.8) is 0 Å². The lowest BCUT2D eigenvalue weighted by Gasteiger charge is -2.43. The normalized spacial score (nSPS) is 16.6. The van der Waals surface area contributed by atoms with Crippen LogP contribution in [-0.4, -0.2) is 54.6 Å².